The first kappa shape index (κ1) is 27.7. The number of amides is 1. The van der Waals surface area contributed by atoms with Crippen LogP contribution in [-0.2, 0) is 11.4 Å². The molecule has 2 saturated heterocycles. The Kier molecular flexibility index (Phi) is 7.74. The van der Waals surface area contributed by atoms with Gasteiger partial charge in [0.15, 0.2) is 5.13 Å². The number of carbonyl (C=O) groups is 2. The lowest BCUT2D eigenvalue weighted by atomic mass is 9.85. The fourth-order valence-electron chi connectivity index (χ4n) is 6.78. The van der Waals surface area contributed by atoms with Gasteiger partial charge in [0.05, 0.1) is 11.6 Å². The fraction of sp³-hybridized carbons (Fsp3) is 0.469. The van der Waals surface area contributed by atoms with Crippen LogP contribution in [0, 0.1) is 37.5 Å². The number of nitrogens with zero attached hydrogens (tertiary/aromatic N) is 3. The largest absolute Gasteiger partial charge is 0.488 e. The van der Waals surface area contributed by atoms with Gasteiger partial charge in [-0.1, -0.05) is 17.7 Å². The molecule has 6 rings (SSSR count). The molecule has 3 fully saturated rings. The summed E-state index contributed by atoms with van der Waals surface area (Å²) >= 11 is 1.60. The van der Waals surface area contributed by atoms with Crippen LogP contribution >= 0.6 is 11.3 Å². The van der Waals surface area contributed by atoms with Crippen LogP contribution in [0.25, 0.3) is 11.3 Å². The molecule has 9 heteroatoms. The number of hydrogen-bond donors (Lipinski definition) is 2. The van der Waals surface area contributed by atoms with E-state index in [0.717, 1.165) is 71.2 Å². The first-order chi connectivity index (χ1) is 19.8. The predicted molar refractivity (Wildman–Crippen MR) is 158 cm³/mol. The van der Waals surface area contributed by atoms with E-state index >= 15 is 0 Å². The minimum atomic E-state index is -0.655. The molecule has 0 radical (unpaired) electrons. The Hall–Kier alpha value is -3.43. The Balaban J connectivity index is 1.15. The molecule has 1 saturated carbocycles. The van der Waals surface area contributed by atoms with Crippen molar-refractivity contribution < 1.29 is 24.5 Å². The van der Waals surface area contributed by atoms with Crippen molar-refractivity contribution in [2.45, 2.75) is 39.7 Å². The number of aliphatic hydroxyl groups is 1. The maximum atomic E-state index is 13.0. The number of ether oxygens (including phenoxy) is 1. The van der Waals surface area contributed by atoms with Crippen molar-refractivity contribution in [3.05, 3.63) is 64.0 Å². The summed E-state index contributed by atoms with van der Waals surface area (Å²) in [6.07, 6.45) is 2.79. The third kappa shape index (κ3) is 5.57. The van der Waals surface area contributed by atoms with Crippen LogP contribution in [-0.4, -0.2) is 64.8 Å². The molecular weight excluding hydrogens is 538 g/mol. The summed E-state index contributed by atoms with van der Waals surface area (Å²) in [5.74, 6) is 0.434. The predicted octanol–water partition coefficient (Wildman–Crippen LogP) is 5.01. The van der Waals surface area contributed by atoms with Gasteiger partial charge in [0.1, 0.15) is 12.4 Å². The lowest BCUT2D eigenvalue weighted by molar-refractivity contribution is -0.144. The lowest BCUT2D eigenvalue weighted by Crippen LogP contribution is -2.44. The van der Waals surface area contributed by atoms with Gasteiger partial charge < -0.3 is 24.7 Å². The van der Waals surface area contributed by atoms with Crippen molar-refractivity contribution in [3.8, 4) is 17.0 Å². The second-order valence-corrected chi connectivity index (χ2v) is 12.7. The zero-order valence-corrected chi connectivity index (χ0v) is 24.4. The van der Waals surface area contributed by atoms with Crippen LogP contribution in [0.2, 0.25) is 0 Å². The van der Waals surface area contributed by atoms with E-state index in [4.69, 9.17) is 9.72 Å². The van der Waals surface area contributed by atoms with Crippen molar-refractivity contribution >= 4 is 28.3 Å². The number of hydrogen-bond acceptors (Lipinski definition) is 7. The molecule has 1 unspecified atom stereocenters. The van der Waals surface area contributed by atoms with Crippen LogP contribution in [0.3, 0.4) is 0 Å². The number of likely N-dealkylation sites (tertiary alicyclic amines) is 1. The normalized spacial score (nSPS) is 23.7. The Morgan fingerprint density at radius 3 is 2.51 bits per heavy atom. The molecule has 1 amide bonds. The number of piperidine rings is 1. The molecule has 3 aromatic rings. The number of carbonyl (C=O) groups excluding carboxylic acids is 1. The Morgan fingerprint density at radius 2 is 1.83 bits per heavy atom. The van der Waals surface area contributed by atoms with E-state index in [9.17, 15) is 19.8 Å². The first-order valence-electron chi connectivity index (χ1n) is 14.5. The van der Waals surface area contributed by atoms with Crippen LogP contribution in [0.15, 0.2) is 41.8 Å². The summed E-state index contributed by atoms with van der Waals surface area (Å²) < 4.78 is 6.34. The van der Waals surface area contributed by atoms with Gasteiger partial charge in [-0.3, -0.25) is 9.59 Å². The van der Waals surface area contributed by atoms with E-state index < -0.39 is 5.97 Å². The molecular formula is C32H37N3O5S. The first-order valence-corrected chi connectivity index (χ1v) is 15.4. The van der Waals surface area contributed by atoms with Crippen LogP contribution in [0.4, 0.5) is 5.13 Å². The van der Waals surface area contributed by atoms with Crippen LogP contribution < -0.4 is 9.64 Å². The van der Waals surface area contributed by atoms with Gasteiger partial charge in [-0.05, 0) is 80.3 Å². The van der Waals surface area contributed by atoms with E-state index in [2.05, 4.69) is 23.3 Å². The molecule has 3 heterocycles. The number of thiazole rings is 1. The summed E-state index contributed by atoms with van der Waals surface area (Å²) in [4.78, 5) is 33.8. The number of carboxylic acids is 1. The molecule has 2 aromatic carbocycles. The molecule has 4 atom stereocenters. The molecule has 1 aromatic heterocycles. The average molecular weight is 576 g/mol. The maximum Gasteiger partial charge on any atom is 0.307 e. The topological polar surface area (TPSA) is 103 Å². The number of benzene rings is 2. The van der Waals surface area contributed by atoms with Crippen molar-refractivity contribution in [1.82, 2.24) is 9.88 Å². The van der Waals surface area contributed by atoms with Gasteiger partial charge >= 0.3 is 5.97 Å². The summed E-state index contributed by atoms with van der Waals surface area (Å²) in [5.41, 5.74) is 5.59. The molecule has 3 aliphatic rings. The molecule has 2 aliphatic heterocycles. The van der Waals surface area contributed by atoms with E-state index in [1.807, 2.05) is 42.2 Å². The third-order valence-electron chi connectivity index (χ3n) is 9.10. The Labute approximate surface area is 244 Å². The van der Waals surface area contributed by atoms with E-state index in [1.54, 1.807) is 11.3 Å². The van der Waals surface area contributed by atoms with Gasteiger partial charge in [-0.15, -0.1) is 11.3 Å². The highest BCUT2D eigenvalue weighted by Gasteiger charge is 2.46. The van der Waals surface area contributed by atoms with Crippen molar-refractivity contribution in [2.75, 3.05) is 37.7 Å². The Morgan fingerprint density at radius 1 is 1.05 bits per heavy atom. The molecule has 216 valence electrons. The number of anilines is 1. The Bertz CT molecular complexity index is 1440. The number of aliphatic hydroxyl groups excluding tert-OH is 1. The highest BCUT2D eigenvalue weighted by atomic mass is 32.1. The number of carboxylic acid groups (broad SMARTS) is 1. The van der Waals surface area contributed by atoms with Crippen molar-refractivity contribution in [2.24, 2.45) is 23.7 Å². The summed E-state index contributed by atoms with van der Waals surface area (Å²) in [6.45, 7) is 7.33. The van der Waals surface area contributed by atoms with Crippen molar-refractivity contribution in [3.63, 3.8) is 0 Å². The molecule has 0 spiro atoms. The van der Waals surface area contributed by atoms with Gasteiger partial charge in [0, 0.05) is 55.2 Å². The standard InChI is InChI=1S/C32H37N3O5S/c1-19-3-8-28(40-17-25-7-4-22(12-20(25)2)30(37)34-10-9-21(13-34)16-36)26(11-19)27-18-41-32(33-27)35-14-23-5-6-24(15-35)29(23)31(38)39/h3-4,7-8,11-12,18,21,23-24,29,36H,5-6,9-10,13-17H2,1-2H3,(H,38,39)/t21-,23-,24+,29?/m0/s1. The van der Waals surface area contributed by atoms with E-state index in [1.165, 1.54) is 0 Å². The minimum absolute atomic E-state index is 0.0110. The van der Waals surface area contributed by atoms with Gasteiger partial charge in [-0.25, -0.2) is 4.98 Å². The molecule has 2 bridgehead atoms. The highest BCUT2D eigenvalue weighted by molar-refractivity contribution is 7.14. The highest BCUT2D eigenvalue weighted by Crippen LogP contribution is 2.44. The quantitative estimate of drug-likeness (QED) is 0.389. The summed E-state index contributed by atoms with van der Waals surface area (Å²) in [7, 11) is 0. The number of aromatic nitrogens is 1. The molecule has 41 heavy (non-hydrogen) atoms. The van der Waals surface area contributed by atoms with Crippen LogP contribution in [0.5, 0.6) is 5.75 Å². The van der Waals surface area contributed by atoms with Crippen LogP contribution in [0.1, 0.15) is 46.3 Å². The second kappa shape index (κ2) is 11.4. The van der Waals surface area contributed by atoms with Crippen molar-refractivity contribution in [1.29, 1.82) is 0 Å². The fourth-order valence-corrected chi connectivity index (χ4v) is 7.63. The third-order valence-corrected chi connectivity index (χ3v) is 10.00. The zero-order chi connectivity index (χ0) is 28.7. The number of fused-ring (bicyclic) bond motifs is 2. The zero-order valence-electron chi connectivity index (χ0n) is 23.6. The average Bonchev–Trinajstić information content (AvgIpc) is 3.70. The monoisotopic (exact) mass is 575 g/mol. The number of aliphatic carboxylic acids is 1. The number of aryl methyl sites for hydroxylation is 2. The lowest BCUT2D eigenvalue weighted by Gasteiger charge is -2.35. The summed E-state index contributed by atoms with van der Waals surface area (Å²) in [5, 5.41) is 22.1. The van der Waals surface area contributed by atoms with Gasteiger partial charge in [0.2, 0.25) is 0 Å². The molecule has 8 nitrogen and oxygen atoms in total. The minimum Gasteiger partial charge on any atom is -0.488 e. The smallest absolute Gasteiger partial charge is 0.307 e. The molecule has 2 N–H and O–H groups in total. The van der Waals surface area contributed by atoms with Gasteiger partial charge in [-0.2, -0.15) is 0 Å². The summed E-state index contributed by atoms with van der Waals surface area (Å²) in [6, 6.07) is 11.9. The van der Waals surface area contributed by atoms with E-state index in [0.29, 0.717) is 25.3 Å². The maximum absolute atomic E-state index is 13.0. The number of rotatable bonds is 8. The SMILES string of the molecule is Cc1ccc(OCc2ccc(C(=O)N3CC[C@H](CO)C3)cc2C)c(-c2csc(N3C[C@H]4CC[C@@H](C3)C4C(=O)O)n2)c1. The van der Waals surface area contributed by atoms with Gasteiger partial charge in [0.25, 0.3) is 5.91 Å². The molecule has 1 aliphatic carbocycles. The second-order valence-electron chi connectivity index (χ2n) is 11.9. The van der Waals surface area contributed by atoms with E-state index in [-0.39, 0.29) is 36.2 Å².